The lowest BCUT2D eigenvalue weighted by atomic mass is 10.1. The molecule has 0 aromatic heterocycles. The Labute approximate surface area is 150 Å². The highest BCUT2D eigenvalue weighted by atomic mass is 35.5. The molecule has 0 radical (unpaired) electrons. The predicted octanol–water partition coefficient (Wildman–Crippen LogP) is 4.41. The van der Waals surface area contributed by atoms with E-state index < -0.39 is 18.0 Å². The molecule has 1 N–H and O–H groups in total. The molecule has 0 heterocycles. The topological polar surface area (TPSA) is 55.4 Å². The quantitative estimate of drug-likeness (QED) is 0.798. The van der Waals surface area contributed by atoms with E-state index in [9.17, 15) is 9.59 Å². The second-order valence-electron chi connectivity index (χ2n) is 5.35. The molecule has 1 amide bonds. The van der Waals surface area contributed by atoms with Gasteiger partial charge in [-0.1, -0.05) is 47.5 Å². The van der Waals surface area contributed by atoms with Crippen molar-refractivity contribution in [2.75, 3.05) is 5.32 Å². The van der Waals surface area contributed by atoms with E-state index in [2.05, 4.69) is 5.32 Å². The third-order valence-corrected chi connectivity index (χ3v) is 4.03. The average molecular weight is 366 g/mol. The van der Waals surface area contributed by atoms with Gasteiger partial charge in [0.25, 0.3) is 5.91 Å². The summed E-state index contributed by atoms with van der Waals surface area (Å²) in [4.78, 5) is 24.1. The smallest absolute Gasteiger partial charge is 0.311 e. The lowest BCUT2D eigenvalue weighted by molar-refractivity contribution is -0.152. The average Bonchev–Trinajstić information content (AvgIpc) is 2.53. The first-order valence-electron chi connectivity index (χ1n) is 7.36. The summed E-state index contributed by atoms with van der Waals surface area (Å²) in [6.07, 6.45) is -0.925. The third kappa shape index (κ3) is 4.98. The number of esters is 1. The Bertz CT molecular complexity index is 762. The molecule has 6 heteroatoms. The van der Waals surface area contributed by atoms with Crippen LogP contribution in [0.25, 0.3) is 0 Å². The van der Waals surface area contributed by atoms with E-state index >= 15 is 0 Å². The lowest BCUT2D eigenvalue weighted by Crippen LogP contribution is -2.30. The van der Waals surface area contributed by atoms with E-state index in [0.29, 0.717) is 21.3 Å². The molecule has 0 aliphatic carbocycles. The van der Waals surface area contributed by atoms with Crippen molar-refractivity contribution in [2.45, 2.75) is 26.4 Å². The Morgan fingerprint density at radius 2 is 1.88 bits per heavy atom. The normalized spacial score (nSPS) is 11.7. The van der Waals surface area contributed by atoms with E-state index in [1.807, 2.05) is 6.92 Å². The van der Waals surface area contributed by atoms with Crippen molar-refractivity contribution in [3.05, 3.63) is 63.6 Å². The summed E-state index contributed by atoms with van der Waals surface area (Å²) in [5, 5.41) is 3.71. The largest absolute Gasteiger partial charge is 0.452 e. The number of rotatable bonds is 5. The van der Waals surface area contributed by atoms with Crippen LogP contribution in [-0.2, 0) is 20.7 Å². The highest BCUT2D eigenvalue weighted by molar-refractivity contribution is 6.31. The molecule has 4 nitrogen and oxygen atoms in total. The molecule has 0 spiro atoms. The first-order valence-corrected chi connectivity index (χ1v) is 8.12. The number of amides is 1. The van der Waals surface area contributed by atoms with E-state index in [0.717, 1.165) is 5.56 Å². The summed E-state index contributed by atoms with van der Waals surface area (Å²) < 4.78 is 5.17. The van der Waals surface area contributed by atoms with Gasteiger partial charge in [0, 0.05) is 15.7 Å². The molecule has 2 aromatic rings. The molecule has 0 fully saturated rings. The second-order valence-corrected chi connectivity index (χ2v) is 6.19. The van der Waals surface area contributed by atoms with E-state index in [-0.39, 0.29) is 6.42 Å². The van der Waals surface area contributed by atoms with Crippen molar-refractivity contribution >= 4 is 40.8 Å². The van der Waals surface area contributed by atoms with Crippen LogP contribution in [0.4, 0.5) is 5.69 Å². The van der Waals surface area contributed by atoms with Crippen molar-refractivity contribution in [3.63, 3.8) is 0 Å². The molecular weight excluding hydrogens is 349 g/mol. The van der Waals surface area contributed by atoms with Crippen LogP contribution in [0.15, 0.2) is 42.5 Å². The van der Waals surface area contributed by atoms with Crippen molar-refractivity contribution in [1.29, 1.82) is 0 Å². The van der Waals surface area contributed by atoms with Crippen LogP contribution in [0.2, 0.25) is 10.0 Å². The summed E-state index contributed by atoms with van der Waals surface area (Å²) in [7, 11) is 0. The molecule has 0 aliphatic rings. The second kappa shape index (κ2) is 8.18. The molecule has 0 unspecified atom stereocenters. The number of hydrogen-bond acceptors (Lipinski definition) is 3. The SMILES string of the molecule is Cc1ccc(Cl)cc1NC(=O)[C@@H](C)OC(=O)Cc1ccccc1Cl. The molecule has 126 valence electrons. The number of benzene rings is 2. The number of anilines is 1. The van der Waals surface area contributed by atoms with Crippen LogP contribution in [0.5, 0.6) is 0 Å². The Morgan fingerprint density at radius 1 is 1.17 bits per heavy atom. The van der Waals surface area contributed by atoms with Gasteiger partial charge >= 0.3 is 5.97 Å². The third-order valence-electron chi connectivity index (χ3n) is 3.43. The summed E-state index contributed by atoms with van der Waals surface area (Å²) in [5.41, 5.74) is 2.10. The molecular formula is C18H17Cl2NO3. The maximum atomic E-state index is 12.2. The summed E-state index contributed by atoms with van der Waals surface area (Å²) >= 11 is 11.9. The summed E-state index contributed by atoms with van der Waals surface area (Å²) in [6.45, 7) is 3.36. The first-order chi connectivity index (χ1) is 11.4. The molecule has 0 saturated heterocycles. The molecule has 0 saturated carbocycles. The minimum Gasteiger partial charge on any atom is -0.452 e. The molecule has 2 aromatic carbocycles. The van der Waals surface area contributed by atoms with Gasteiger partial charge in [0.05, 0.1) is 6.42 Å². The fourth-order valence-corrected chi connectivity index (χ4v) is 2.43. The van der Waals surface area contributed by atoms with E-state index in [1.54, 1.807) is 42.5 Å². The van der Waals surface area contributed by atoms with Crippen molar-refractivity contribution in [1.82, 2.24) is 0 Å². The number of nitrogens with one attached hydrogen (secondary N) is 1. The van der Waals surface area contributed by atoms with Gasteiger partial charge < -0.3 is 10.1 Å². The van der Waals surface area contributed by atoms with Gasteiger partial charge in [-0.25, -0.2) is 0 Å². The molecule has 24 heavy (non-hydrogen) atoms. The van der Waals surface area contributed by atoms with Gasteiger partial charge in [-0.15, -0.1) is 0 Å². The highest BCUT2D eigenvalue weighted by Crippen LogP contribution is 2.21. The zero-order chi connectivity index (χ0) is 17.7. The van der Waals surface area contributed by atoms with Crippen LogP contribution in [0, 0.1) is 6.92 Å². The van der Waals surface area contributed by atoms with Gasteiger partial charge in [0.15, 0.2) is 6.10 Å². The number of carbonyl (C=O) groups excluding carboxylic acids is 2. The Hall–Kier alpha value is -2.04. The summed E-state index contributed by atoms with van der Waals surface area (Å²) in [6, 6.07) is 12.2. The zero-order valence-corrected chi connectivity index (χ0v) is 14.8. The Balaban J connectivity index is 1.95. The maximum absolute atomic E-state index is 12.2. The van der Waals surface area contributed by atoms with Crippen molar-refractivity contribution in [2.24, 2.45) is 0 Å². The molecule has 2 rings (SSSR count). The number of carbonyl (C=O) groups is 2. The monoisotopic (exact) mass is 365 g/mol. The Kier molecular flexibility index (Phi) is 6.23. The Morgan fingerprint density at radius 3 is 2.58 bits per heavy atom. The minimum absolute atomic E-state index is 0.00743. The van der Waals surface area contributed by atoms with E-state index in [4.69, 9.17) is 27.9 Å². The van der Waals surface area contributed by atoms with Gasteiger partial charge in [0.2, 0.25) is 0 Å². The zero-order valence-electron chi connectivity index (χ0n) is 13.3. The van der Waals surface area contributed by atoms with Crippen molar-refractivity contribution in [3.8, 4) is 0 Å². The van der Waals surface area contributed by atoms with Gasteiger partial charge in [-0.3, -0.25) is 9.59 Å². The van der Waals surface area contributed by atoms with Gasteiger partial charge in [-0.05, 0) is 43.2 Å². The van der Waals surface area contributed by atoms with Crippen LogP contribution >= 0.6 is 23.2 Å². The summed E-state index contributed by atoms with van der Waals surface area (Å²) in [5.74, 6) is -0.943. The van der Waals surface area contributed by atoms with Gasteiger partial charge in [-0.2, -0.15) is 0 Å². The minimum atomic E-state index is -0.932. The van der Waals surface area contributed by atoms with Crippen LogP contribution < -0.4 is 5.32 Å². The van der Waals surface area contributed by atoms with Gasteiger partial charge in [0.1, 0.15) is 0 Å². The number of ether oxygens (including phenoxy) is 1. The fourth-order valence-electron chi connectivity index (χ4n) is 2.05. The predicted molar refractivity (Wildman–Crippen MR) is 95.5 cm³/mol. The first kappa shape index (κ1) is 18.3. The van der Waals surface area contributed by atoms with Crippen molar-refractivity contribution < 1.29 is 14.3 Å². The molecule has 1 atom stereocenters. The highest BCUT2D eigenvalue weighted by Gasteiger charge is 2.19. The maximum Gasteiger partial charge on any atom is 0.311 e. The number of halogens is 2. The number of hydrogen-bond donors (Lipinski definition) is 1. The fraction of sp³-hybridized carbons (Fsp3) is 0.222. The van der Waals surface area contributed by atoms with Crippen LogP contribution in [0.1, 0.15) is 18.1 Å². The molecule has 0 bridgehead atoms. The van der Waals surface area contributed by atoms with Crippen LogP contribution in [-0.4, -0.2) is 18.0 Å². The number of aryl methyl sites for hydroxylation is 1. The standard InChI is InChI=1S/C18H17Cl2NO3/c1-11-7-8-14(19)10-16(11)21-18(23)12(2)24-17(22)9-13-5-3-4-6-15(13)20/h3-8,10,12H,9H2,1-2H3,(H,21,23)/t12-/m1/s1. The van der Waals surface area contributed by atoms with Crippen LogP contribution in [0.3, 0.4) is 0 Å². The lowest BCUT2D eigenvalue weighted by Gasteiger charge is -2.15. The van der Waals surface area contributed by atoms with E-state index in [1.165, 1.54) is 6.92 Å². The molecule has 0 aliphatic heterocycles.